The second-order valence-electron chi connectivity index (χ2n) is 7.15. The van der Waals surface area contributed by atoms with Crippen LogP contribution in [0.1, 0.15) is 68.6 Å². The molecule has 0 N–H and O–H groups in total. The Morgan fingerprint density at radius 2 is 2.10 bits per heavy atom. The summed E-state index contributed by atoms with van der Waals surface area (Å²) in [6.45, 7) is 4.11. The average Bonchev–Trinajstić information content (AvgIpc) is 3.10. The van der Waals surface area contributed by atoms with Crippen molar-refractivity contribution in [2.45, 2.75) is 68.8 Å². The van der Waals surface area contributed by atoms with Gasteiger partial charge in [0.15, 0.2) is 5.16 Å². The van der Waals surface area contributed by atoms with Crippen LogP contribution in [0.2, 0.25) is 0 Å². The first-order valence-corrected chi connectivity index (χ1v) is 10.9. The zero-order valence-corrected chi connectivity index (χ0v) is 17.6. The van der Waals surface area contributed by atoms with Crippen molar-refractivity contribution in [3.05, 3.63) is 45.8 Å². The Balaban J connectivity index is 1.85. The Morgan fingerprint density at radius 3 is 2.79 bits per heavy atom. The fourth-order valence-electron chi connectivity index (χ4n) is 3.67. The average molecular weight is 419 g/mol. The summed E-state index contributed by atoms with van der Waals surface area (Å²) in [6, 6.07) is 6.93. The lowest BCUT2D eigenvalue weighted by Gasteiger charge is -2.26. The van der Waals surface area contributed by atoms with Gasteiger partial charge in [0, 0.05) is 23.4 Å². The second-order valence-corrected chi connectivity index (χ2v) is 8.46. The number of rotatable bonds is 8. The number of ether oxygens (including phenoxy) is 1. The third kappa shape index (κ3) is 5.35. The Hall–Kier alpha value is -2.42. The lowest BCUT2D eigenvalue weighted by atomic mass is 9.95. The lowest BCUT2D eigenvalue weighted by molar-refractivity contribution is -0.384. The van der Waals surface area contributed by atoms with Gasteiger partial charge >= 0.3 is 5.97 Å². The number of nitro groups is 1. The molecule has 0 bridgehead atoms. The molecule has 2 aromatic rings. The zero-order valence-electron chi connectivity index (χ0n) is 16.7. The number of carbonyl (C=O) groups excluding carboxylic acids is 1. The summed E-state index contributed by atoms with van der Waals surface area (Å²) in [5.74, 6) is 0.323. The Kier molecular flexibility index (Phi) is 7.24. The molecule has 1 aliphatic rings. The Morgan fingerprint density at radius 1 is 1.34 bits per heavy atom. The molecular weight excluding hydrogens is 392 g/mol. The molecular formula is C20H26N4O4S. The first kappa shape index (κ1) is 21.3. The van der Waals surface area contributed by atoms with E-state index in [0.29, 0.717) is 12.4 Å². The van der Waals surface area contributed by atoms with E-state index in [1.165, 1.54) is 24.2 Å². The number of carbonyl (C=O) groups is 1. The van der Waals surface area contributed by atoms with Crippen molar-refractivity contribution in [1.82, 2.24) is 14.8 Å². The second kappa shape index (κ2) is 9.87. The van der Waals surface area contributed by atoms with E-state index in [9.17, 15) is 14.9 Å². The van der Waals surface area contributed by atoms with Crippen LogP contribution in [-0.4, -0.2) is 32.3 Å². The van der Waals surface area contributed by atoms with Gasteiger partial charge in [0.1, 0.15) is 12.2 Å². The van der Waals surface area contributed by atoms with E-state index in [2.05, 4.69) is 14.8 Å². The fourth-order valence-corrected chi connectivity index (χ4v) is 4.73. The number of thioether (sulfide) groups is 1. The van der Waals surface area contributed by atoms with Gasteiger partial charge in [-0.25, -0.2) is 0 Å². The molecule has 156 valence electrons. The molecule has 9 heteroatoms. The molecule has 8 nitrogen and oxygen atoms in total. The van der Waals surface area contributed by atoms with E-state index >= 15 is 0 Å². The van der Waals surface area contributed by atoms with Crippen LogP contribution in [0.25, 0.3) is 0 Å². The van der Waals surface area contributed by atoms with Crippen LogP contribution in [0.5, 0.6) is 0 Å². The van der Waals surface area contributed by atoms with E-state index < -0.39 is 0 Å². The fraction of sp³-hybridized carbons (Fsp3) is 0.550. The number of nitrogens with zero attached hydrogens (tertiary/aromatic N) is 4. The molecule has 0 radical (unpaired) electrons. The number of esters is 1. The van der Waals surface area contributed by atoms with E-state index in [-0.39, 0.29) is 34.3 Å². The largest absolute Gasteiger partial charge is 0.466 e. The van der Waals surface area contributed by atoms with Crippen molar-refractivity contribution >= 4 is 23.4 Å². The SMILES string of the molecule is CCOC(=O)Cc1nnc(S[C@H](C)c2cccc([N+](=O)[O-])c2)n1C1CCCCC1. The molecule has 1 saturated carbocycles. The Bertz CT molecular complexity index is 864. The molecule has 0 amide bonds. The molecule has 1 heterocycles. The van der Waals surface area contributed by atoms with E-state index in [0.717, 1.165) is 36.4 Å². The summed E-state index contributed by atoms with van der Waals surface area (Å²) < 4.78 is 7.18. The molecule has 1 aromatic heterocycles. The maximum Gasteiger partial charge on any atom is 0.313 e. The number of non-ortho nitro benzene ring substituents is 1. The van der Waals surface area contributed by atoms with Crippen molar-refractivity contribution in [1.29, 1.82) is 0 Å². The quantitative estimate of drug-likeness (QED) is 0.266. The van der Waals surface area contributed by atoms with Gasteiger partial charge < -0.3 is 9.30 Å². The van der Waals surface area contributed by atoms with E-state index in [4.69, 9.17) is 4.74 Å². The molecule has 1 atom stereocenters. The lowest BCUT2D eigenvalue weighted by Crippen LogP contribution is -2.19. The van der Waals surface area contributed by atoms with E-state index in [1.54, 1.807) is 19.1 Å². The van der Waals surface area contributed by atoms with Crippen molar-refractivity contribution in [2.24, 2.45) is 0 Å². The molecule has 29 heavy (non-hydrogen) atoms. The number of hydrogen-bond acceptors (Lipinski definition) is 7. The third-order valence-electron chi connectivity index (χ3n) is 5.12. The highest BCUT2D eigenvalue weighted by atomic mass is 32.2. The number of aromatic nitrogens is 3. The predicted octanol–water partition coefficient (Wildman–Crippen LogP) is 4.65. The van der Waals surface area contributed by atoms with Crippen LogP contribution in [-0.2, 0) is 16.0 Å². The van der Waals surface area contributed by atoms with Gasteiger partial charge in [-0.05, 0) is 32.3 Å². The van der Waals surface area contributed by atoms with Crippen molar-refractivity contribution < 1.29 is 14.5 Å². The monoisotopic (exact) mass is 418 g/mol. The van der Waals surface area contributed by atoms with E-state index in [1.807, 2.05) is 13.0 Å². The summed E-state index contributed by atoms with van der Waals surface area (Å²) in [4.78, 5) is 22.7. The van der Waals surface area contributed by atoms with Gasteiger partial charge in [0.2, 0.25) is 0 Å². The molecule has 1 aliphatic carbocycles. The smallest absolute Gasteiger partial charge is 0.313 e. The summed E-state index contributed by atoms with van der Waals surface area (Å²) in [5, 5.41) is 20.4. The maximum atomic E-state index is 12.0. The van der Waals surface area contributed by atoms with Gasteiger partial charge in [0.25, 0.3) is 5.69 Å². The number of benzene rings is 1. The summed E-state index contributed by atoms with van der Waals surface area (Å²) in [7, 11) is 0. The van der Waals surface area contributed by atoms with Gasteiger partial charge in [-0.1, -0.05) is 43.2 Å². The predicted molar refractivity (Wildman–Crippen MR) is 110 cm³/mol. The third-order valence-corrected chi connectivity index (χ3v) is 6.23. The zero-order chi connectivity index (χ0) is 20.8. The first-order valence-electron chi connectivity index (χ1n) is 10.00. The minimum absolute atomic E-state index is 0.0446. The topological polar surface area (TPSA) is 100 Å². The van der Waals surface area contributed by atoms with Gasteiger partial charge in [-0.3, -0.25) is 14.9 Å². The highest BCUT2D eigenvalue weighted by Gasteiger charge is 2.26. The summed E-state index contributed by atoms with van der Waals surface area (Å²) in [5.41, 5.74) is 0.932. The standard InChI is InChI=1S/C20H26N4O4S/c1-3-28-19(25)13-18-21-22-20(23(18)16-9-5-4-6-10-16)29-14(2)15-8-7-11-17(12-15)24(26)27/h7-8,11-12,14,16H,3-6,9-10,13H2,1-2H3/t14-/m1/s1. The van der Waals surface area contributed by atoms with Crippen LogP contribution in [0, 0.1) is 10.1 Å². The molecule has 3 rings (SSSR count). The highest BCUT2D eigenvalue weighted by molar-refractivity contribution is 7.99. The molecule has 0 aliphatic heterocycles. The minimum Gasteiger partial charge on any atom is -0.466 e. The molecule has 0 saturated heterocycles. The van der Waals surface area contributed by atoms with Crippen molar-refractivity contribution in [3.63, 3.8) is 0 Å². The van der Waals surface area contributed by atoms with Crippen LogP contribution >= 0.6 is 11.8 Å². The first-order chi connectivity index (χ1) is 14.0. The highest BCUT2D eigenvalue weighted by Crippen LogP contribution is 2.39. The molecule has 0 spiro atoms. The van der Waals surface area contributed by atoms with Crippen LogP contribution in [0.3, 0.4) is 0 Å². The van der Waals surface area contributed by atoms with Crippen molar-refractivity contribution in [2.75, 3.05) is 6.61 Å². The van der Waals surface area contributed by atoms with Crippen LogP contribution < -0.4 is 0 Å². The number of nitro benzene ring substituents is 1. The Labute approximate surface area is 174 Å². The van der Waals surface area contributed by atoms with Gasteiger partial charge in [-0.15, -0.1) is 10.2 Å². The summed E-state index contributed by atoms with van der Waals surface area (Å²) in [6.07, 6.45) is 5.68. The van der Waals surface area contributed by atoms with Crippen molar-refractivity contribution in [3.8, 4) is 0 Å². The summed E-state index contributed by atoms with van der Waals surface area (Å²) >= 11 is 1.51. The normalized spacial score (nSPS) is 15.8. The maximum absolute atomic E-state index is 12.0. The number of hydrogen-bond donors (Lipinski definition) is 0. The minimum atomic E-state index is -0.386. The van der Waals surface area contributed by atoms with Crippen LogP contribution in [0.4, 0.5) is 5.69 Å². The van der Waals surface area contributed by atoms with Gasteiger partial charge in [0.05, 0.1) is 11.5 Å². The van der Waals surface area contributed by atoms with Crippen LogP contribution in [0.15, 0.2) is 29.4 Å². The molecule has 0 unspecified atom stereocenters. The van der Waals surface area contributed by atoms with Gasteiger partial charge in [-0.2, -0.15) is 0 Å². The molecule has 1 fully saturated rings. The molecule has 1 aromatic carbocycles.